The molecule has 0 aliphatic carbocycles. The lowest BCUT2D eigenvalue weighted by molar-refractivity contribution is -0.167. The van der Waals surface area contributed by atoms with Gasteiger partial charge in [-0.3, -0.25) is 14.4 Å². The predicted octanol–water partition coefficient (Wildman–Crippen LogP) is 22.4. The largest absolute Gasteiger partial charge is 0.462 e. The SMILES string of the molecule is CCCCCC/C=C\C/C=C\CCCCCCCCCC(=O)OC(COC(=O)CCCCCCC/C=C\CCCCCCC)COC(=O)CCCCCCCCCCCCCCCCCCCCCCCCCC. The second-order valence-corrected chi connectivity index (χ2v) is 22.4. The average Bonchev–Trinajstić information content (AvgIpc) is 3.40. The van der Waals surface area contributed by atoms with E-state index in [-0.39, 0.29) is 31.1 Å². The number of carbonyl (C=O) groups excluding carboxylic acids is 3. The van der Waals surface area contributed by atoms with Gasteiger partial charge < -0.3 is 14.2 Å². The zero-order chi connectivity index (χ0) is 53.6. The highest BCUT2D eigenvalue weighted by molar-refractivity contribution is 5.71. The monoisotopic (exact) mass is 1040 g/mol. The first-order valence-electron chi connectivity index (χ1n) is 33.0. The van der Waals surface area contributed by atoms with E-state index in [0.717, 1.165) is 77.0 Å². The zero-order valence-electron chi connectivity index (χ0n) is 49.9. The molecule has 0 radical (unpaired) electrons. The molecule has 0 bridgehead atoms. The van der Waals surface area contributed by atoms with Crippen molar-refractivity contribution in [1.82, 2.24) is 0 Å². The molecule has 0 spiro atoms. The third-order valence-electron chi connectivity index (χ3n) is 14.9. The molecule has 0 heterocycles. The lowest BCUT2D eigenvalue weighted by Crippen LogP contribution is -2.30. The molecule has 0 aliphatic rings. The highest BCUT2D eigenvalue weighted by atomic mass is 16.6. The van der Waals surface area contributed by atoms with Gasteiger partial charge in [-0.15, -0.1) is 0 Å². The van der Waals surface area contributed by atoms with Gasteiger partial charge in [0, 0.05) is 19.3 Å². The van der Waals surface area contributed by atoms with Crippen molar-refractivity contribution in [3.63, 3.8) is 0 Å². The van der Waals surface area contributed by atoms with E-state index in [1.54, 1.807) is 0 Å². The first kappa shape index (κ1) is 71.6. The van der Waals surface area contributed by atoms with Crippen LogP contribution in [0.2, 0.25) is 0 Å². The van der Waals surface area contributed by atoms with Crippen molar-refractivity contribution in [2.75, 3.05) is 13.2 Å². The van der Waals surface area contributed by atoms with Crippen molar-refractivity contribution >= 4 is 17.9 Å². The molecule has 0 aromatic heterocycles. The Kier molecular flexibility index (Phi) is 61.1. The van der Waals surface area contributed by atoms with Gasteiger partial charge >= 0.3 is 17.9 Å². The molecule has 0 aliphatic heterocycles. The molecule has 0 saturated heterocycles. The number of ether oxygens (including phenoxy) is 3. The molecule has 0 N–H and O–H groups in total. The summed E-state index contributed by atoms with van der Waals surface area (Å²) in [5.74, 6) is -0.867. The van der Waals surface area contributed by atoms with Crippen molar-refractivity contribution < 1.29 is 28.6 Å². The Labute approximate surface area is 461 Å². The minimum absolute atomic E-state index is 0.0738. The number of hydrogen-bond acceptors (Lipinski definition) is 6. The van der Waals surface area contributed by atoms with Crippen molar-refractivity contribution in [3.05, 3.63) is 36.5 Å². The predicted molar refractivity (Wildman–Crippen MR) is 321 cm³/mol. The highest BCUT2D eigenvalue weighted by Crippen LogP contribution is 2.18. The summed E-state index contributed by atoms with van der Waals surface area (Å²) in [6, 6.07) is 0. The first-order chi connectivity index (χ1) is 36.5. The van der Waals surface area contributed by atoms with Gasteiger partial charge in [0.25, 0.3) is 0 Å². The maximum Gasteiger partial charge on any atom is 0.306 e. The van der Waals surface area contributed by atoms with E-state index in [1.807, 2.05) is 0 Å². The maximum atomic E-state index is 12.9. The minimum atomic E-state index is -0.778. The Balaban J connectivity index is 4.27. The molecule has 0 rings (SSSR count). The molecule has 434 valence electrons. The molecule has 0 fully saturated rings. The molecule has 0 aromatic rings. The fourth-order valence-electron chi connectivity index (χ4n) is 9.88. The second kappa shape index (κ2) is 63.2. The Hall–Kier alpha value is -2.37. The summed E-state index contributed by atoms with van der Waals surface area (Å²) in [7, 11) is 0. The van der Waals surface area contributed by atoms with Crippen LogP contribution in [0.25, 0.3) is 0 Å². The van der Waals surface area contributed by atoms with Gasteiger partial charge in [-0.05, 0) is 77.0 Å². The zero-order valence-corrected chi connectivity index (χ0v) is 49.9. The summed E-state index contributed by atoms with van der Waals surface area (Å²) < 4.78 is 16.9. The van der Waals surface area contributed by atoms with E-state index < -0.39 is 6.10 Å². The van der Waals surface area contributed by atoms with Crippen molar-refractivity contribution in [2.45, 2.75) is 367 Å². The summed E-state index contributed by atoms with van der Waals surface area (Å²) in [5, 5.41) is 0. The van der Waals surface area contributed by atoms with Crippen LogP contribution in [0, 0.1) is 0 Å². The smallest absolute Gasteiger partial charge is 0.306 e. The lowest BCUT2D eigenvalue weighted by atomic mass is 10.0. The molecule has 6 heteroatoms. The standard InChI is InChI=1S/C68H126O6/c1-4-7-10-13-16-19-22-25-28-30-32-33-34-35-36-37-39-40-43-46-49-52-55-58-61-67(70)73-64-65(63-72-66(69)60-57-54-51-48-45-42-27-24-21-18-15-12-9-6-3)74-68(71)62-59-56-53-50-47-44-41-38-31-29-26-23-20-17-14-11-8-5-2/h20,23-24,27,29,31,65H,4-19,21-22,25-26,28,30,32-64H2,1-3H3/b23-20-,27-24-,31-29-. The van der Waals surface area contributed by atoms with Gasteiger partial charge in [-0.25, -0.2) is 0 Å². The topological polar surface area (TPSA) is 78.9 Å². The minimum Gasteiger partial charge on any atom is -0.462 e. The molecule has 1 atom stereocenters. The van der Waals surface area contributed by atoms with Crippen LogP contribution in [0.3, 0.4) is 0 Å². The number of hydrogen-bond donors (Lipinski definition) is 0. The Morgan fingerprint density at radius 2 is 0.486 bits per heavy atom. The van der Waals surface area contributed by atoms with Crippen LogP contribution in [0.15, 0.2) is 36.5 Å². The highest BCUT2D eigenvalue weighted by Gasteiger charge is 2.19. The van der Waals surface area contributed by atoms with E-state index in [2.05, 4.69) is 57.2 Å². The normalized spacial score (nSPS) is 12.2. The quantitative estimate of drug-likeness (QED) is 0.0261. The number of allylic oxidation sites excluding steroid dienone is 6. The number of unbranched alkanes of at least 4 members (excludes halogenated alkanes) is 44. The van der Waals surface area contributed by atoms with E-state index in [0.29, 0.717) is 19.3 Å². The van der Waals surface area contributed by atoms with Crippen molar-refractivity contribution in [3.8, 4) is 0 Å². The van der Waals surface area contributed by atoms with Crippen molar-refractivity contribution in [1.29, 1.82) is 0 Å². The Bertz CT molecular complexity index is 1240. The van der Waals surface area contributed by atoms with Crippen LogP contribution in [0.5, 0.6) is 0 Å². The van der Waals surface area contributed by atoms with Gasteiger partial charge in [0.1, 0.15) is 13.2 Å². The molecular weight excluding hydrogens is 913 g/mol. The Morgan fingerprint density at radius 3 is 0.770 bits per heavy atom. The number of carbonyl (C=O) groups is 3. The summed E-state index contributed by atoms with van der Waals surface area (Å²) in [6.45, 7) is 6.66. The first-order valence-corrected chi connectivity index (χ1v) is 33.0. The average molecular weight is 1040 g/mol. The molecule has 0 saturated carbocycles. The van der Waals surface area contributed by atoms with Gasteiger partial charge in [0.15, 0.2) is 6.10 Å². The lowest BCUT2D eigenvalue weighted by Gasteiger charge is -2.18. The van der Waals surface area contributed by atoms with Crippen LogP contribution in [0.4, 0.5) is 0 Å². The molecule has 74 heavy (non-hydrogen) atoms. The van der Waals surface area contributed by atoms with Gasteiger partial charge in [-0.2, -0.15) is 0 Å². The summed E-state index contributed by atoms with van der Waals surface area (Å²) in [5.41, 5.74) is 0. The second-order valence-electron chi connectivity index (χ2n) is 22.4. The fraction of sp³-hybridized carbons (Fsp3) is 0.868. The molecule has 0 aromatic carbocycles. The summed E-state index contributed by atoms with van der Waals surface area (Å²) in [4.78, 5) is 38.3. The van der Waals surface area contributed by atoms with Gasteiger partial charge in [0.05, 0.1) is 0 Å². The van der Waals surface area contributed by atoms with E-state index in [1.165, 1.54) is 244 Å². The molecular formula is C68H126O6. The van der Waals surface area contributed by atoms with Crippen LogP contribution in [-0.4, -0.2) is 37.2 Å². The summed E-state index contributed by atoms with van der Waals surface area (Å²) >= 11 is 0. The van der Waals surface area contributed by atoms with Crippen LogP contribution < -0.4 is 0 Å². The third-order valence-corrected chi connectivity index (χ3v) is 14.9. The van der Waals surface area contributed by atoms with Gasteiger partial charge in [0.2, 0.25) is 0 Å². The van der Waals surface area contributed by atoms with E-state index in [4.69, 9.17) is 14.2 Å². The van der Waals surface area contributed by atoms with E-state index in [9.17, 15) is 14.4 Å². The van der Waals surface area contributed by atoms with Gasteiger partial charge in [-0.1, -0.05) is 301 Å². The molecule has 6 nitrogen and oxygen atoms in total. The van der Waals surface area contributed by atoms with E-state index >= 15 is 0 Å². The summed E-state index contributed by atoms with van der Waals surface area (Å²) in [6.07, 6.45) is 77.3. The molecule has 1 unspecified atom stereocenters. The number of rotatable bonds is 61. The van der Waals surface area contributed by atoms with Crippen LogP contribution in [-0.2, 0) is 28.6 Å². The molecule has 0 amide bonds. The number of esters is 3. The van der Waals surface area contributed by atoms with Crippen LogP contribution in [0.1, 0.15) is 361 Å². The maximum absolute atomic E-state index is 12.9. The Morgan fingerprint density at radius 1 is 0.270 bits per heavy atom. The fourth-order valence-corrected chi connectivity index (χ4v) is 9.88. The van der Waals surface area contributed by atoms with Crippen LogP contribution >= 0.6 is 0 Å². The van der Waals surface area contributed by atoms with Crippen molar-refractivity contribution in [2.24, 2.45) is 0 Å². The third kappa shape index (κ3) is 60.5.